The van der Waals surface area contributed by atoms with Crippen molar-refractivity contribution < 1.29 is 18.6 Å². The lowest BCUT2D eigenvalue weighted by Crippen LogP contribution is -2.38. The molecule has 0 aliphatic rings. The highest BCUT2D eigenvalue weighted by Crippen LogP contribution is 2.26. The van der Waals surface area contributed by atoms with Crippen LogP contribution in [0, 0.1) is 10.1 Å². The van der Waals surface area contributed by atoms with Crippen molar-refractivity contribution in [2.45, 2.75) is 12.5 Å². The first-order valence-electron chi connectivity index (χ1n) is 5.30. The molecule has 0 bridgehead atoms. The van der Waals surface area contributed by atoms with Crippen LogP contribution >= 0.6 is 0 Å². The molecule has 0 radical (unpaired) electrons. The van der Waals surface area contributed by atoms with Gasteiger partial charge < -0.3 is 19.4 Å². The van der Waals surface area contributed by atoms with Crippen molar-refractivity contribution in [1.29, 1.82) is 0 Å². The number of rotatable bonds is 5. The lowest BCUT2D eigenvalue weighted by molar-refractivity contribution is -0.401. The fourth-order valence-corrected chi connectivity index (χ4v) is 1.46. The summed E-state index contributed by atoms with van der Waals surface area (Å²) >= 11 is 0. The van der Waals surface area contributed by atoms with Crippen LogP contribution in [0.1, 0.15) is 12.7 Å². The molecule has 0 saturated heterocycles. The number of hydrogen-bond acceptors (Lipinski definition) is 8. The zero-order valence-electron chi connectivity index (χ0n) is 10.3. The van der Waals surface area contributed by atoms with E-state index in [2.05, 4.69) is 10.1 Å². The summed E-state index contributed by atoms with van der Waals surface area (Å²) in [6.45, 7) is 1.87. The maximum atomic E-state index is 10.5. The molecule has 2 aromatic rings. The molecule has 1 unspecified atom stereocenters. The molecule has 0 fully saturated rings. The van der Waals surface area contributed by atoms with Gasteiger partial charge in [0.2, 0.25) is 0 Å². The summed E-state index contributed by atoms with van der Waals surface area (Å²) in [4.78, 5) is 13.9. The number of methoxy groups -OCH3 is 1. The molecule has 2 N–H and O–H groups in total. The van der Waals surface area contributed by atoms with E-state index in [1.54, 1.807) is 6.92 Å². The predicted molar refractivity (Wildman–Crippen MR) is 62.1 cm³/mol. The smallest absolute Gasteiger partial charge is 0.395 e. The maximum Gasteiger partial charge on any atom is 0.433 e. The minimum absolute atomic E-state index is 0.0240. The van der Waals surface area contributed by atoms with E-state index in [-0.39, 0.29) is 24.1 Å². The monoisotopic (exact) mass is 268 g/mol. The second kappa shape index (κ2) is 4.78. The number of nitrogens with two attached hydrogens (primary N) is 1. The average molecular weight is 268 g/mol. The highest BCUT2D eigenvalue weighted by molar-refractivity contribution is 5.46. The standard InChI is InChI=1S/C10H12N4O5/c1-10(11,5-17-2)9-12-8(19-13-9)6-3-4-7(18-6)14(15)16/h3-4H,5,11H2,1-2H3. The Kier molecular flexibility index (Phi) is 3.32. The van der Waals surface area contributed by atoms with E-state index in [1.807, 2.05) is 0 Å². The Labute approximate surface area is 107 Å². The maximum absolute atomic E-state index is 10.5. The summed E-state index contributed by atoms with van der Waals surface area (Å²) in [7, 11) is 1.50. The Morgan fingerprint density at radius 3 is 2.89 bits per heavy atom. The minimum Gasteiger partial charge on any atom is -0.395 e. The van der Waals surface area contributed by atoms with Crippen LogP contribution in [-0.4, -0.2) is 28.8 Å². The van der Waals surface area contributed by atoms with Crippen molar-refractivity contribution in [1.82, 2.24) is 10.1 Å². The van der Waals surface area contributed by atoms with E-state index in [0.29, 0.717) is 0 Å². The predicted octanol–water partition coefficient (Wildman–Crippen LogP) is 1.06. The zero-order chi connectivity index (χ0) is 14.0. The van der Waals surface area contributed by atoms with Crippen LogP contribution in [0.4, 0.5) is 5.88 Å². The summed E-state index contributed by atoms with van der Waals surface area (Å²) in [6, 6.07) is 2.58. The van der Waals surface area contributed by atoms with E-state index in [1.165, 1.54) is 19.2 Å². The summed E-state index contributed by atoms with van der Waals surface area (Å²) < 4.78 is 14.9. The third-order valence-corrected chi connectivity index (χ3v) is 2.36. The Bertz CT molecular complexity index is 588. The van der Waals surface area contributed by atoms with Gasteiger partial charge in [0.05, 0.1) is 12.7 Å². The van der Waals surface area contributed by atoms with Gasteiger partial charge in [0.1, 0.15) is 10.5 Å². The van der Waals surface area contributed by atoms with Crippen LogP contribution < -0.4 is 5.73 Å². The first-order valence-corrected chi connectivity index (χ1v) is 5.30. The zero-order valence-corrected chi connectivity index (χ0v) is 10.3. The third kappa shape index (κ3) is 2.61. The normalized spacial score (nSPS) is 14.3. The number of furan rings is 1. The lowest BCUT2D eigenvalue weighted by Gasteiger charge is -2.18. The molecule has 19 heavy (non-hydrogen) atoms. The highest BCUT2D eigenvalue weighted by Gasteiger charge is 2.29. The quantitative estimate of drug-likeness (QED) is 0.629. The Morgan fingerprint density at radius 1 is 1.58 bits per heavy atom. The Balaban J connectivity index is 2.27. The number of ether oxygens (including phenoxy) is 1. The van der Waals surface area contributed by atoms with Gasteiger partial charge in [-0.1, -0.05) is 5.16 Å². The fraction of sp³-hybridized carbons (Fsp3) is 0.400. The first kappa shape index (κ1) is 13.2. The van der Waals surface area contributed by atoms with Crippen molar-refractivity contribution in [3.8, 4) is 11.7 Å². The van der Waals surface area contributed by atoms with Gasteiger partial charge in [-0.15, -0.1) is 0 Å². The molecule has 0 aromatic carbocycles. The van der Waals surface area contributed by atoms with Crippen molar-refractivity contribution in [2.24, 2.45) is 5.73 Å². The van der Waals surface area contributed by atoms with Gasteiger partial charge in [-0.3, -0.25) is 10.1 Å². The van der Waals surface area contributed by atoms with Crippen molar-refractivity contribution in [2.75, 3.05) is 13.7 Å². The molecule has 1 atom stereocenters. The van der Waals surface area contributed by atoms with E-state index in [0.717, 1.165) is 0 Å². The minimum atomic E-state index is -0.922. The third-order valence-electron chi connectivity index (χ3n) is 2.36. The molecular formula is C10H12N4O5. The average Bonchev–Trinajstić information content (AvgIpc) is 2.98. The van der Waals surface area contributed by atoms with E-state index < -0.39 is 16.3 Å². The van der Waals surface area contributed by atoms with Crippen molar-refractivity contribution >= 4 is 5.88 Å². The molecule has 9 heteroatoms. The fourth-order valence-electron chi connectivity index (χ4n) is 1.46. The summed E-state index contributed by atoms with van der Waals surface area (Å²) in [5.74, 6) is -0.0416. The van der Waals surface area contributed by atoms with E-state index >= 15 is 0 Å². The van der Waals surface area contributed by atoms with Gasteiger partial charge in [-0.2, -0.15) is 4.98 Å². The van der Waals surface area contributed by atoms with E-state index in [9.17, 15) is 10.1 Å². The van der Waals surface area contributed by atoms with Crippen LogP contribution in [-0.2, 0) is 10.3 Å². The molecule has 0 aliphatic carbocycles. The number of hydrogen-bond donors (Lipinski definition) is 1. The van der Waals surface area contributed by atoms with Crippen LogP contribution in [0.5, 0.6) is 0 Å². The summed E-state index contributed by atoms with van der Waals surface area (Å²) in [6.07, 6.45) is 0. The van der Waals surface area contributed by atoms with Crippen LogP contribution in [0.3, 0.4) is 0 Å². The van der Waals surface area contributed by atoms with Gasteiger partial charge in [-0.05, 0) is 13.0 Å². The van der Waals surface area contributed by atoms with Crippen molar-refractivity contribution in [3.05, 3.63) is 28.1 Å². The van der Waals surface area contributed by atoms with Gasteiger partial charge in [0, 0.05) is 7.11 Å². The van der Waals surface area contributed by atoms with Gasteiger partial charge >= 0.3 is 5.88 Å². The molecule has 0 amide bonds. The van der Waals surface area contributed by atoms with Crippen LogP contribution in [0.15, 0.2) is 21.1 Å². The van der Waals surface area contributed by atoms with Gasteiger partial charge in [-0.25, -0.2) is 0 Å². The molecule has 0 spiro atoms. The molecule has 9 nitrogen and oxygen atoms in total. The molecule has 0 saturated carbocycles. The first-order chi connectivity index (χ1) is 8.94. The highest BCUT2D eigenvalue weighted by atomic mass is 16.6. The summed E-state index contributed by atoms with van der Waals surface area (Å²) in [5.41, 5.74) is 5.02. The Morgan fingerprint density at radius 2 is 2.32 bits per heavy atom. The number of nitrogens with zero attached hydrogens (tertiary/aromatic N) is 3. The largest absolute Gasteiger partial charge is 0.433 e. The topological polar surface area (TPSA) is 130 Å². The number of nitro groups is 1. The molecule has 2 heterocycles. The lowest BCUT2D eigenvalue weighted by atomic mass is 10.1. The SMILES string of the molecule is COCC(C)(N)c1noc(-c2ccc([N+](=O)[O-])o2)n1. The second-order valence-corrected chi connectivity index (χ2v) is 4.17. The molecule has 0 aliphatic heterocycles. The van der Waals surface area contributed by atoms with Crippen LogP contribution in [0.2, 0.25) is 0 Å². The molecule has 102 valence electrons. The Hall–Kier alpha value is -2.26. The van der Waals surface area contributed by atoms with Gasteiger partial charge in [0.15, 0.2) is 11.6 Å². The summed E-state index contributed by atoms with van der Waals surface area (Å²) in [5, 5.41) is 14.2. The molecule has 2 aromatic heterocycles. The second-order valence-electron chi connectivity index (χ2n) is 4.17. The molecular weight excluding hydrogens is 256 g/mol. The number of aromatic nitrogens is 2. The van der Waals surface area contributed by atoms with Crippen molar-refractivity contribution in [3.63, 3.8) is 0 Å². The van der Waals surface area contributed by atoms with E-state index in [4.69, 9.17) is 19.4 Å². The molecule has 2 rings (SSSR count). The van der Waals surface area contributed by atoms with Crippen LogP contribution in [0.25, 0.3) is 11.7 Å². The van der Waals surface area contributed by atoms with Gasteiger partial charge in [0.25, 0.3) is 5.89 Å².